The minimum atomic E-state index is -0.627. The number of hydrogen-bond donors (Lipinski definition) is 1. The van der Waals surface area contributed by atoms with Gasteiger partial charge in [-0.25, -0.2) is 9.18 Å². The number of likely N-dealkylation sites (tertiary alicyclic amines) is 1. The van der Waals surface area contributed by atoms with E-state index < -0.39 is 22.8 Å². The number of nitrogens with one attached hydrogen (secondary N) is 1. The van der Waals surface area contributed by atoms with E-state index in [1.165, 1.54) is 35.2 Å². The van der Waals surface area contributed by atoms with Crippen molar-refractivity contribution in [2.24, 2.45) is 5.92 Å². The molecule has 0 aliphatic carbocycles. The van der Waals surface area contributed by atoms with Crippen molar-refractivity contribution in [3.63, 3.8) is 0 Å². The van der Waals surface area contributed by atoms with Crippen LogP contribution in [-0.2, 0) is 4.79 Å². The van der Waals surface area contributed by atoms with Crippen LogP contribution in [0.4, 0.5) is 20.6 Å². The van der Waals surface area contributed by atoms with Gasteiger partial charge in [0.15, 0.2) is 0 Å². The molecule has 0 unspecified atom stereocenters. The first-order valence-electron chi connectivity index (χ1n) is 9.11. The maximum Gasteiger partial charge on any atom is 0.415 e. The summed E-state index contributed by atoms with van der Waals surface area (Å²) in [5.41, 5.74) is 0.747. The molecule has 0 bridgehead atoms. The van der Waals surface area contributed by atoms with E-state index in [1.807, 2.05) is 0 Å². The Kier molecular flexibility index (Phi) is 6.06. The number of ether oxygens (including phenoxy) is 1. The first kappa shape index (κ1) is 20.2. The van der Waals surface area contributed by atoms with Gasteiger partial charge in [-0.05, 0) is 49.6 Å². The molecule has 1 saturated heterocycles. The fourth-order valence-corrected chi connectivity index (χ4v) is 3.07. The maximum atomic E-state index is 13.7. The van der Waals surface area contributed by atoms with E-state index in [0.717, 1.165) is 0 Å². The third-order valence-electron chi connectivity index (χ3n) is 4.74. The number of anilines is 1. The summed E-state index contributed by atoms with van der Waals surface area (Å²) in [6, 6.07) is 9.65. The van der Waals surface area contributed by atoms with E-state index in [0.29, 0.717) is 30.6 Å². The Morgan fingerprint density at radius 2 is 1.97 bits per heavy atom. The quantitative estimate of drug-likeness (QED) is 0.619. The van der Waals surface area contributed by atoms with Gasteiger partial charge in [0, 0.05) is 30.9 Å². The smallest absolute Gasteiger partial charge is 0.410 e. The molecule has 2 aromatic carbocycles. The van der Waals surface area contributed by atoms with Crippen LogP contribution in [0.25, 0.3) is 0 Å². The molecule has 2 aromatic rings. The van der Waals surface area contributed by atoms with Crippen LogP contribution in [0.1, 0.15) is 18.4 Å². The SMILES string of the molecule is Cc1ccc(NC(=O)[C@H]2CCCN(C(=O)Oc3ccc([N+](=O)[O-])cc3)C2)cc1F. The van der Waals surface area contributed by atoms with Crippen LogP contribution in [-0.4, -0.2) is 34.9 Å². The highest BCUT2D eigenvalue weighted by Crippen LogP contribution is 2.22. The van der Waals surface area contributed by atoms with Crippen molar-refractivity contribution in [3.05, 3.63) is 64.0 Å². The number of benzene rings is 2. The molecule has 0 radical (unpaired) electrons. The highest BCUT2D eigenvalue weighted by molar-refractivity contribution is 5.93. The molecule has 9 heteroatoms. The van der Waals surface area contributed by atoms with Crippen LogP contribution in [0.5, 0.6) is 5.75 Å². The van der Waals surface area contributed by atoms with Crippen LogP contribution in [0.15, 0.2) is 42.5 Å². The van der Waals surface area contributed by atoms with E-state index >= 15 is 0 Å². The van der Waals surface area contributed by atoms with Crippen LogP contribution in [0.2, 0.25) is 0 Å². The Morgan fingerprint density at radius 1 is 1.24 bits per heavy atom. The summed E-state index contributed by atoms with van der Waals surface area (Å²) in [6.07, 6.45) is 0.592. The summed E-state index contributed by atoms with van der Waals surface area (Å²) in [6.45, 7) is 2.25. The van der Waals surface area contributed by atoms with Gasteiger partial charge in [-0.15, -0.1) is 0 Å². The number of piperidine rings is 1. The van der Waals surface area contributed by atoms with Gasteiger partial charge >= 0.3 is 6.09 Å². The van der Waals surface area contributed by atoms with Crippen LogP contribution >= 0.6 is 0 Å². The average Bonchev–Trinajstić information content (AvgIpc) is 2.71. The second-order valence-corrected chi connectivity index (χ2v) is 6.86. The molecular formula is C20H20FN3O5. The highest BCUT2D eigenvalue weighted by atomic mass is 19.1. The van der Waals surface area contributed by atoms with E-state index in [2.05, 4.69) is 5.32 Å². The van der Waals surface area contributed by atoms with Gasteiger partial charge in [-0.3, -0.25) is 14.9 Å². The number of non-ortho nitro benzene ring substituents is 1. The zero-order valence-electron chi connectivity index (χ0n) is 15.8. The second-order valence-electron chi connectivity index (χ2n) is 6.86. The molecule has 1 heterocycles. The van der Waals surface area contributed by atoms with Crippen LogP contribution in [0.3, 0.4) is 0 Å². The third-order valence-corrected chi connectivity index (χ3v) is 4.74. The normalized spacial score (nSPS) is 16.2. The number of amides is 2. The van der Waals surface area contributed by atoms with Crippen molar-refractivity contribution in [3.8, 4) is 5.75 Å². The van der Waals surface area contributed by atoms with Crippen molar-refractivity contribution in [1.82, 2.24) is 4.90 Å². The summed E-state index contributed by atoms with van der Waals surface area (Å²) in [5, 5.41) is 13.4. The lowest BCUT2D eigenvalue weighted by Crippen LogP contribution is -2.44. The van der Waals surface area contributed by atoms with Crippen molar-refractivity contribution in [1.29, 1.82) is 0 Å². The number of rotatable bonds is 4. The summed E-state index contributed by atoms with van der Waals surface area (Å²) in [5.74, 6) is -0.958. The van der Waals surface area contributed by atoms with Gasteiger partial charge in [0.05, 0.1) is 10.8 Å². The first-order chi connectivity index (χ1) is 13.8. The monoisotopic (exact) mass is 401 g/mol. The van der Waals surface area contributed by atoms with Crippen molar-refractivity contribution >= 4 is 23.4 Å². The molecule has 1 aliphatic heterocycles. The standard InChI is InChI=1S/C20H20FN3O5/c1-13-4-5-15(11-18(13)21)22-19(25)14-3-2-10-23(12-14)20(26)29-17-8-6-16(7-9-17)24(27)28/h4-9,11,14H,2-3,10,12H2,1H3,(H,22,25)/t14-/m0/s1. The summed E-state index contributed by atoms with van der Waals surface area (Å²) < 4.78 is 18.9. The van der Waals surface area contributed by atoms with Gasteiger partial charge in [0.2, 0.25) is 5.91 Å². The van der Waals surface area contributed by atoms with Crippen molar-refractivity contribution < 1.29 is 23.6 Å². The molecule has 8 nitrogen and oxygen atoms in total. The average molecular weight is 401 g/mol. The van der Waals surface area contributed by atoms with E-state index in [-0.39, 0.29) is 23.9 Å². The van der Waals surface area contributed by atoms with Gasteiger partial charge < -0.3 is 15.0 Å². The number of nitrogens with zero attached hydrogens (tertiary/aromatic N) is 2. The second kappa shape index (κ2) is 8.68. The van der Waals surface area contributed by atoms with Gasteiger partial charge in [-0.1, -0.05) is 6.07 Å². The molecule has 1 N–H and O–H groups in total. The molecule has 0 aromatic heterocycles. The maximum absolute atomic E-state index is 13.7. The van der Waals surface area contributed by atoms with E-state index in [4.69, 9.17) is 4.74 Å². The number of halogens is 1. The molecule has 0 spiro atoms. The Morgan fingerprint density at radius 3 is 2.62 bits per heavy atom. The van der Waals surface area contributed by atoms with Crippen LogP contribution in [0, 0.1) is 28.8 Å². The zero-order valence-corrected chi connectivity index (χ0v) is 15.8. The molecular weight excluding hydrogens is 381 g/mol. The largest absolute Gasteiger partial charge is 0.415 e. The lowest BCUT2D eigenvalue weighted by Gasteiger charge is -2.31. The predicted molar refractivity (Wildman–Crippen MR) is 103 cm³/mol. The molecule has 2 amide bonds. The molecule has 1 fully saturated rings. The Hall–Kier alpha value is -3.49. The Bertz CT molecular complexity index is 932. The van der Waals surface area contributed by atoms with E-state index in [1.54, 1.807) is 19.1 Å². The summed E-state index contributed by atoms with van der Waals surface area (Å²) in [7, 11) is 0. The molecule has 0 saturated carbocycles. The van der Waals surface area contributed by atoms with Crippen molar-refractivity contribution in [2.45, 2.75) is 19.8 Å². The predicted octanol–water partition coefficient (Wildman–Crippen LogP) is 3.89. The van der Waals surface area contributed by atoms with Gasteiger partial charge in [-0.2, -0.15) is 0 Å². The lowest BCUT2D eigenvalue weighted by atomic mass is 9.97. The molecule has 1 atom stereocenters. The fraction of sp³-hybridized carbons (Fsp3) is 0.300. The highest BCUT2D eigenvalue weighted by Gasteiger charge is 2.29. The fourth-order valence-electron chi connectivity index (χ4n) is 3.07. The zero-order chi connectivity index (χ0) is 21.0. The summed E-state index contributed by atoms with van der Waals surface area (Å²) >= 11 is 0. The number of aryl methyl sites for hydroxylation is 1. The minimum absolute atomic E-state index is 0.105. The van der Waals surface area contributed by atoms with E-state index in [9.17, 15) is 24.1 Å². The number of carbonyl (C=O) groups excluding carboxylic acids is 2. The number of hydrogen-bond acceptors (Lipinski definition) is 5. The number of carbonyl (C=O) groups is 2. The molecule has 29 heavy (non-hydrogen) atoms. The minimum Gasteiger partial charge on any atom is -0.410 e. The first-order valence-corrected chi connectivity index (χ1v) is 9.11. The number of nitro benzene ring substituents is 1. The van der Waals surface area contributed by atoms with Crippen molar-refractivity contribution in [2.75, 3.05) is 18.4 Å². The Balaban J connectivity index is 1.58. The van der Waals surface area contributed by atoms with Gasteiger partial charge in [0.25, 0.3) is 5.69 Å². The summed E-state index contributed by atoms with van der Waals surface area (Å²) in [4.78, 5) is 36.5. The third kappa shape index (κ3) is 5.07. The van der Waals surface area contributed by atoms with Gasteiger partial charge in [0.1, 0.15) is 11.6 Å². The number of nitro groups is 1. The molecule has 3 rings (SSSR count). The topological polar surface area (TPSA) is 102 Å². The van der Waals surface area contributed by atoms with Crippen LogP contribution < -0.4 is 10.1 Å². The molecule has 1 aliphatic rings. The lowest BCUT2D eigenvalue weighted by molar-refractivity contribution is -0.384. The molecule has 152 valence electrons. The Labute approximate surface area is 166 Å².